The molecule has 0 heterocycles. The smallest absolute Gasteiger partial charge is 0.238 e. The van der Waals surface area contributed by atoms with Crippen molar-refractivity contribution in [3.8, 4) is 0 Å². The molecular formula is C12H13Cl2N3O2. The monoisotopic (exact) mass is 301 g/mol. The van der Waals surface area contributed by atoms with Crippen molar-refractivity contribution in [2.45, 2.75) is 19.3 Å². The second kappa shape index (κ2) is 5.27. The number of carbonyl (C=O) groups is 1. The van der Waals surface area contributed by atoms with Crippen LogP contribution in [-0.2, 0) is 4.79 Å². The Bertz CT molecular complexity index is 542. The van der Waals surface area contributed by atoms with Crippen molar-refractivity contribution < 1.29 is 10.0 Å². The van der Waals surface area contributed by atoms with Gasteiger partial charge in [-0.15, -0.1) is 0 Å². The highest BCUT2D eigenvalue weighted by Crippen LogP contribution is 2.42. The summed E-state index contributed by atoms with van der Waals surface area (Å²) in [7, 11) is 0. The Morgan fingerprint density at radius 2 is 2.11 bits per heavy atom. The molecule has 102 valence electrons. The first-order chi connectivity index (χ1) is 8.99. The van der Waals surface area contributed by atoms with Gasteiger partial charge < -0.3 is 16.3 Å². The molecule has 1 aliphatic rings. The van der Waals surface area contributed by atoms with Crippen LogP contribution in [0.1, 0.15) is 19.3 Å². The van der Waals surface area contributed by atoms with Gasteiger partial charge in [0.05, 0.1) is 10.7 Å². The number of halogens is 2. The molecule has 0 unspecified atom stereocenters. The fourth-order valence-electron chi connectivity index (χ4n) is 2.06. The topological polar surface area (TPSA) is 87.7 Å². The van der Waals surface area contributed by atoms with Gasteiger partial charge >= 0.3 is 0 Å². The van der Waals surface area contributed by atoms with Crippen molar-refractivity contribution in [2.75, 3.05) is 5.32 Å². The lowest BCUT2D eigenvalue weighted by atomic mass is 9.67. The summed E-state index contributed by atoms with van der Waals surface area (Å²) in [5.74, 6) is -0.389. The van der Waals surface area contributed by atoms with Crippen LogP contribution in [0.3, 0.4) is 0 Å². The summed E-state index contributed by atoms with van der Waals surface area (Å²) in [4.78, 5) is 12.3. The van der Waals surface area contributed by atoms with Crippen LogP contribution in [0.4, 0.5) is 5.69 Å². The average Bonchev–Trinajstić information content (AvgIpc) is 2.31. The molecule has 1 fully saturated rings. The summed E-state index contributed by atoms with van der Waals surface area (Å²) in [6, 6.07) is 4.77. The predicted octanol–water partition coefficient (Wildman–Crippen LogP) is 2.85. The van der Waals surface area contributed by atoms with Crippen LogP contribution in [0.15, 0.2) is 23.4 Å². The van der Waals surface area contributed by atoms with Gasteiger partial charge in [-0.1, -0.05) is 34.8 Å². The van der Waals surface area contributed by atoms with Crippen molar-refractivity contribution in [1.29, 1.82) is 0 Å². The fourth-order valence-corrected chi connectivity index (χ4v) is 2.51. The third-order valence-corrected chi connectivity index (χ3v) is 3.97. The first-order valence-corrected chi connectivity index (χ1v) is 6.50. The molecule has 0 saturated heterocycles. The van der Waals surface area contributed by atoms with Crippen LogP contribution in [0, 0.1) is 5.41 Å². The van der Waals surface area contributed by atoms with Crippen LogP contribution in [0.25, 0.3) is 0 Å². The van der Waals surface area contributed by atoms with E-state index in [-0.39, 0.29) is 11.7 Å². The summed E-state index contributed by atoms with van der Waals surface area (Å²) in [6.07, 6.45) is 1.97. The highest BCUT2D eigenvalue weighted by Gasteiger charge is 2.48. The number of nitrogens with one attached hydrogen (secondary N) is 1. The molecule has 19 heavy (non-hydrogen) atoms. The van der Waals surface area contributed by atoms with E-state index >= 15 is 0 Å². The number of benzene rings is 1. The second-order valence-corrected chi connectivity index (χ2v) is 5.34. The summed E-state index contributed by atoms with van der Waals surface area (Å²) in [5, 5.41) is 15.3. The number of amidine groups is 1. The van der Waals surface area contributed by atoms with Crippen LogP contribution >= 0.6 is 23.2 Å². The summed E-state index contributed by atoms with van der Waals surface area (Å²) in [6.45, 7) is 0. The number of anilines is 1. The number of amides is 1. The molecular weight excluding hydrogens is 289 g/mol. The molecule has 7 heteroatoms. The Balaban J connectivity index is 2.21. The molecule has 1 aromatic carbocycles. The zero-order valence-electron chi connectivity index (χ0n) is 9.99. The maximum atomic E-state index is 12.3. The molecule has 0 spiro atoms. The van der Waals surface area contributed by atoms with E-state index in [2.05, 4.69) is 10.5 Å². The van der Waals surface area contributed by atoms with E-state index in [1.54, 1.807) is 12.1 Å². The van der Waals surface area contributed by atoms with Crippen molar-refractivity contribution >= 4 is 40.6 Å². The van der Waals surface area contributed by atoms with E-state index in [4.69, 9.17) is 34.1 Å². The summed E-state index contributed by atoms with van der Waals surface area (Å²) >= 11 is 11.8. The van der Waals surface area contributed by atoms with E-state index in [9.17, 15) is 4.79 Å². The van der Waals surface area contributed by atoms with Gasteiger partial charge in [-0.3, -0.25) is 4.79 Å². The lowest BCUT2D eigenvalue weighted by Crippen LogP contribution is -2.51. The number of carbonyl (C=O) groups excluding carboxylic acids is 1. The molecule has 1 aromatic rings. The summed E-state index contributed by atoms with van der Waals surface area (Å²) in [5.41, 5.74) is 5.13. The molecule has 1 amide bonds. The summed E-state index contributed by atoms with van der Waals surface area (Å²) < 4.78 is 0. The van der Waals surface area contributed by atoms with E-state index in [0.29, 0.717) is 28.6 Å². The van der Waals surface area contributed by atoms with Crippen LogP contribution in [0.5, 0.6) is 0 Å². The fraction of sp³-hybridized carbons (Fsp3) is 0.333. The number of nitrogens with two attached hydrogens (primary N) is 1. The third kappa shape index (κ3) is 2.48. The predicted molar refractivity (Wildman–Crippen MR) is 74.8 cm³/mol. The van der Waals surface area contributed by atoms with Crippen molar-refractivity contribution in [3.63, 3.8) is 0 Å². The first-order valence-electron chi connectivity index (χ1n) is 5.74. The highest BCUT2D eigenvalue weighted by molar-refractivity contribution is 6.36. The van der Waals surface area contributed by atoms with Gasteiger partial charge in [0, 0.05) is 5.02 Å². The van der Waals surface area contributed by atoms with Gasteiger partial charge in [0.15, 0.2) is 5.84 Å². The molecule has 0 aromatic heterocycles. The SMILES string of the molecule is N/C(=N/O)C1(C(=O)Nc2ccc(Cl)cc2Cl)CCC1. The highest BCUT2D eigenvalue weighted by atomic mass is 35.5. The molecule has 0 bridgehead atoms. The molecule has 1 aliphatic carbocycles. The maximum Gasteiger partial charge on any atom is 0.238 e. The lowest BCUT2D eigenvalue weighted by molar-refractivity contribution is -0.125. The minimum Gasteiger partial charge on any atom is -0.409 e. The number of oxime groups is 1. The standard InChI is InChI=1S/C12H13Cl2N3O2/c13-7-2-3-9(8(14)6-7)16-11(18)12(4-1-5-12)10(15)17-19/h2-3,6,19H,1,4-5H2,(H2,15,17)(H,16,18). The van der Waals surface area contributed by atoms with Crippen LogP contribution < -0.4 is 11.1 Å². The number of nitrogens with zero attached hydrogens (tertiary/aromatic N) is 1. The minimum absolute atomic E-state index is 0.0682. The van der Waals surface area contributed by atoms with E-state index in [1.165, 1.54) is 6.07 Å². The van der Waals surface area contributed by atoms with E-state index in [1.807, 2.05) is 0 Å². The van der Waals surface area contributed by atoms with Crippen molar-refractivity contribution in [1.82, 2.24) is 0 Å². The van der Waals surface area contributed by atoms with Crippen molar-refractivity contribution in [3.05, 3.63) is 28.2 Å². The Labute approximate surface area is 120 Å². The maximum absolute atomic E-state index is 12.3. The molecule has 2 rings (SSSR count). The Hall–Kier alpha value is -1.46. The van der Waals surface area contributed by atoms with Gasteiger partial charge in [-0.2, -0.15) is 0 Å². The molecule has 4 N–H and O–H groups in total. The number of hydrogen-bond donors (Lipinski definition) is 3. The third-order valence-electron chi connectivity index (χ3n) is 3.42. The van der Waals surface area contributed by atoms with Crippen LogP contribution in [0.2, 0.25) is 10.0 Å². The van der Waals surface area contributed by atoms with Gasteiger partial charge in [-0.25, -0.2) is 0 Å². The molecule has 5 nitrogen and oxygen atoms in total. The lowest BCUT2D eigenvalue weighted by Gasteiger charge is -2.38. The van der Waals surface area contributed by atoms with Gasteiger partial charge in [0.25, 0.3) is 0 Å². The Morgan fingerprint density at radius 1 is 1.42 bits per heavy atom. The van der Waals surface area contributed by atoms with Gasteiger partial charge in [0.1, 0.15) is 5.41 Å². The zero-order valence-corrected chi connectivity index (χ0v) is 11.5. The van der Waals surface area contributed by atoms with Gasteiger partial charge in [-0.05, 0) is 31.0 Å². The number of hydrogen-bond acceptors (Lipinski definition) is 3. The normalized spacial score (nSPS) is 17.7. The van der Waals surface area contributed by atoms with Crippen LogP contribution in [-0.4, -0.2) is 17.0 Å². The zero-order chi connectivity index (χ0) is 14.0. The Kier molecular flexibility index (Phi) is 3.87. The quantitative estimate of drug-likeness (QED) is 0.347. The Morgan fingerprint density at radius 3 is 2.58 bits per heavy atom. The molecule has 0 aliphatic heterocycles. The average molecular weight is 302 g/mol. The molecule has 1 saturated carbocycles. The molecule has 0 atom stereocenters. The molecule has 0 radical (unpaired) electrons. The minimum atomic E-state index is -0.933. The van der Waals surface area contributed by atoms with E-state index in [0.717, 1.165) is 6.42 Å². The van der Waals surface area contributed by atoms with Gasteiger partial charge in [0.2, 0.25) is 5.91 Å². The number of rotatable bonds is 3. The largest absolute Gasteiger partial charge is 0.409 e. The van der Waals surface area contributed by atoms with E-state index < -0.39 is 5.41 Å². The first kappa shape index (κ1) is 14.0. The second-order valence-electron chi connectivity index (χ2n) is 4.50. The van der Waals surface area contributed by atoms with Crippen molar-refractivity contribution in [2.24, 2.45) is 16.3 Å².